The van der Waals surface area contributed by atoms with E-state index in [0.29, 0.717) is 37.4 Å². The Balaban J connectivity index is 1.99. The van der Waals surface area contributed by atoms with Crippen LogP contribution in [0.15, 0.2) is 36.4 Å². The van der Waals surface area contributed by atoms with Gasteiger partial charge in [-0.25, -0.2) is 4.98 Å². The summed E-state index contributed by atoms with van der Waals surface area (Å²) in [5, 5.41) is 37.3. The number of anilines is 1. The molecule has 2 aromatic rings. The highest BCUT2D eigenvalue weighted by Crippen LogP contribution is 2.20. The normalized spacial score (nSPS) is 15.0. The average Bonchev–Trinajstić information content (AvgIpc) is 2.69. The minimum absolute atomic E-state index is 0.0650. The summed E-state index contributed by atoms with van der Waals surface area (Å²) in [6.45, 7) is 0.802. The highest BCUT2D eigenvalue weighted by molar-refractivity contribution is 6.58. The van der Waals surface area contributed by atoms with Crippen LogP contribution >= 0.6 is 0 Å². The van der Waals surface area contributed by atoms with Crippen LogP contribution in [-0.2, 0) is 0 Å². The summed E-state index contributed by atoms with van der Waals surface area (Å²) in [7, 11) is -1.71. The van der Waals surface area contributed by atoms with Gasteiger partial charge in [0.05, 0.1) is 18.5 Å². The molecule has 5 N–H and O–H groups in total. The van der Waals surface area contributed by atoms with Crippen LogP contribution in [0.3, 0.4) is 0 Å². The van der Waals surface area contributed by atoms with Gasteiger partial charge < -0.3 is 25.0 Å². The smallest absolute Gasteiger partial charge is 0.488 e. The van der Waals surface area contributed by atoms with E-state index in [1.807, 2.05) is 0 Å². The first-order chi connectivity index (χ1) is 13.5. The number of carbonyl (C=O) groups is 1. The number of amides is 1. The van der Waals surface area contributed by atoms with Crippen molar-refractivity contribution in [3.05, 3.63) is 47.7 Å². The van der Waals surface area contributed by atoms with E-state index in [1.165, 1.54) is 23.1 Å². The van der Waals surface area contributed by atoms with Gasteiger partial charge in [0.1, 0.15) is 17.3 Å². The Bertz CT molecular complexity index is 905. The Labute approximate surface area is 162 Å². The van der Waals surface area contributed by atoms with Crippen molar-refractivity contribution in [2.75, 3.05) is 18.5 Å². The number of rotatable bonds is 2. The lowest BCUT2D eigenvalue weighted by Gasteiger charge is -2.20. The molecule has 0 fully saturated rings. The van der Waals surface area contributed by atoms with Gasteiger partial charge in [-0.3, -0.25) is 15.6 Å². The minimum atomic E-state index is -1.71. The molecule has 0 radical (unpaired) electrons. The first-order valence-corrected chi connectivity index (χ1v) is 8.77. The van der Waals surface area contributed by atoms with E-state index in [0.717, 1.165) is 6.34 Å². The fraction of sp³-hybridized carbons (Fsp3) is 0.222. The SMILES string of the molecule is N=CN1CCCCOc2ccc(B(O)O)cc2C(=O)Nc2cccc(n2)C1=N. The van der Waals surface area contributed by atoms with E-state index >= 15 is 0 Å². The maximum atomic E-state index is 12.8. The molecule has 1 aromatic heterocycles. The fourth-order valence-corrected chi connectivity index (χ4v) is 2.79. The molecule has 0 spiro atoms. The van der Waals surface area contributed by atoms with E-state index < -0.39 is 13.0 Å². The summed E-state index contributed by atoms with van der Waals surface area (Å²) in [5.41, 5.74) is 0.657. The first kappa shape index (κ1) is 19.5. The third kappa shape index (κ3) is 4.35. The molecule has 0 atom stereocenters. The Kier molecular flexibility index (Phi) is 6.02. The Morgan fingerprint density at radius 2 is 2.07 bits per heavy atom. The Morgan fingerprint density at radius 1 is 1.25 bits per heavy atom. The van der Waals surface area contributed by atoms with Crippen molar-refractivity contribution in [3.63, 3.8) is 0 Å². The molecule has 1 aliphatic rings. The molecule has 0 saturated carbocycles. The number of hydrogen-bond acceptors (Lipinski definition) is 7. The summed E-state index contributed by atoms with van der Waals surface area (Å²) in [5.74, 6) is 0.103. The molecule has 3 rings (SSSR count). The van der Waals surface area contributed by atoms with Crippen molar-refractivity contribution in [3.8, 4) is 5.75 Å². The number of benzene rings is 1. The lowest BCUT2D eigenvalue weighted by atomic mass is 9.79. The molecule has 1 aromatic carbocycles. The molecule has 2 heterocycles. The largest absolute Gasteiger partial charge is 0.493 e. The van der Waals surface area contributed by atoms with E-state index in [1.54, 1.807) is 18.2 Å². The zero-order valence-electron chi connectivity index (χ0n) is 15.1. The van der Waals surface area contributed by atoms with Crippen LogP contribution in [0.1, 0.15) is 28.9 Å². The monoisotopic (exact) mass is 381 g/mol. The average molecular weight is 381 g/mol. The van der Waals surface area contributed by atoms with Crippen molar-refractivity contribution in [2.45, 2.75) is 12.8 Å². The van der Waals surface area contributed by atoms with Gasteiger partial charge in [0.25, 0.3) is 5.91 Å². The topological polar surface area (TPSA) is 143 Å². The van der Waals surface area contributed by atoms with Gasteiger partial charge in [-0.2, -0.15) is 0 Å². The second kappa shape index (κ2) is 8.64. The van der Waals surface area contributed by atoms with Crippen molar-refractivity contribution in [1.82, 2.24) is 9.88 Å². The quantitative estimate of drug-likeness (QED) is 0.290. The van der Waals surface area contributed by atoms with Gasteiger partial charge in [-0.1, -0.05) is 12.1 Å². The fourth-order valence-electron chi connectivity index (χ4n) is 2.79. The Morgan fingerprint density at radius 3 is 2.82 bits per heavy atom. The van der Waals surface area contributed by atoms with E-state index in [9.17, 15) is 14.8 Å². The third-order valence-corrected chi connectivity index (χ3v) is 4.27. The molecule has 1 aliphatic heterocycles. The highest BCUT2D eigenvalue weighted by atomic mass is 16.5. The molecule has 9 nitrogen and oxygen atoms in total. The molecule has 28 heavy (non-hydrogen) atoms. The highest BCUT2D eigenvalue weighted by Gasteiger charge is 2.20. The number of hydrogen-bond donors (Lipinski definition) is 5. The van der Waals surface area contributed by atoms with Crippen LogP contribution in [0.2, 0.25) is 0 Å². The lowest BCUT2D eigenvalue weighted by molar-refractivity contribution is 0.102. The van der Waals surface area contributed by atoms with Gasteiger partial charge in [-0.05, 0) is 42.6 Å². The Hall–Kier alpha value is -3.24. The van der Waals surface area contributed by atoms with Gasteiger partial charge >= 0.3 is 7.12 Å². The van der Waals surface area contributed by atoms with Crippen molar-refractivity contribution in [1.29, 1.82) is 10.8 Å². The van der Waals surface area contributed by atoms with Crippen molar-refractivity contribution >= 4 is 36.5 Å². The number of ether oxygens (including phenoxy) is 1. The van der Waals surface area contributed by atoms with E-state index in [2.05, 4.69) is 10.3 Å². The molecule has 0 saturated heterocycles. The molecule has 0 unspecified atom stereocenters. The van der Waals surface area contributed by atoms with Gasteiger partial charge in [0.15, 0.2) is 5.84 Å². The number of amidine groups is 1. The molecule has 10 heteroatoms. The van der Waals surface area contributed by atoms with Gasteiger partial charge in [-0.15, -0.1) is 0 Å². The maximum absolute atomic E-state index is 12.8. The second-order valence-electron chi connectivity index (χ2n) is 6.22. The first-order valence-electron chi connectivity index (χ1n) is 8.77. The predicted molar refractivity (Wildman–Crippen MR) is 106 cm³/mol. The van der Waals surface area contributed by atoms with Gasteiger partial charge in [0, 0.05) is 6.54 Å². The number of aromatic nitrogens is 1. The zero-order chi connectivity index (χ0) is 20.1. The van der Waals surface area contributed by atoms with Crippen molar-refractivity contribution < 1.29 is 19.6 Å². The standard InChI is InChI=1S/C18H20BN5O4/c20-11-24-8-1-2-9-28-15-7-6-12(19(26)27)10-13(15)18(25)23-16-5-3-4-14(22-16)17(24)21/h3-7,10-11,20-21,26-27H,1-2,8-9H2,(H,22,23,25). The number of nitrogens with one attached hydrogen (secondary N) is 3. The summed E-state index contributed by atoms with van der Waals surface area (Å²) >= 11 is 0. The third-order valence-electron chi connectivity index (χ3n) is 4.27. The maximum Gasteiger partial charge on any atom is 0.488 e. The summed E-state index contributed by atoms with van der Waals surface area (Å²) in [6, 6.07) is 9.25. The van der Waals surface area contributed by atoms with Crippen LogP contribution < -0.4 is 15.5 Å². The van der Waals surface area contributed by atoms with Crippen LogP contribution in [0, 0.1) is 10.8 Å². The van der Waals surface area contributed by atoms with Crippen LogP contribution in [0.5, 0.6) is 5.75 Å². The lowest BCUT2D eigenvalue weighted by Crippen LogP contribution is -2.32. The molecule has 2 bridgehead atoms. The molecular weight excluding hydrogens is 361 g/mol. The molecular formula is C18H20BN5O4. The second-order valence-corrected chi connectivity index (χ2v) is 6.22. The predicted octanol–water partition coefficient (Wildman–Crippen LogP) is 0.421. The number of carbonyl (C=O) groups excluding carboxylic acids is 1. The zero-order valence-corrected chi connectivity index (χ0v) is 15.1. The van der Waals surface area contributed by atoms with E-state index in [4.69, 9.17) is 15.6 Å². The molecule has 0 aliphatic carbocycles. The van der Waals surface area contributed by atoms with Crippen LogP contribution in [-0.4, -0.2) is 58.3 Å². The number of pyridine rings is 1. The van der Waals surface area contributed by atoms with E-state index in [-0.39, 0.29) is 22.7 Å². The molecule has 144 valence electrons. The molecule has 1 amide bonds. The summed E-state index contributed by atoms with van der Waals surface area (Å²) in [6.07, 6.45) is 2.40. The number of nitrogens with zero attached hydrogens (tertiary/aromatic N) is 2. The minimum Gasteiger partial charge on any atom is -0.493 e. The van der Waals surface area contributed by atoms with Crippen LogP contribution in [0.4, 0.5) is 5.82 Å². The summed E-state index contributed by atoms with van der Waals surface area (Å²) < 4.78 is 5.71. The van der Waals surface area contributed by atoms with Crippen molar-refractivity contribution in [2.24, 2.45) is 0 Å². The summed E-state index contributed by atoms with van der Waals surface area (Å²) in [4.78, 5) is 18.5. The van der Waals surface area contributed by atoms with Crippen LogP contribution in [0.25, 0.3) is 0 Å². The van der Waals surface area contributed by atoms with Gasteiger partial charge in [0.2, 0.25) is 0 Å². The number of fused-ring (bicyclic) bond motifs is 3.